The first-order valence-electron chi connectivity index (χ1n) is 11.7. The number of rotatable bonds is 6. The van der Waals surface area contributed by atoms with Crippen molar-refractivity contribution in [3.05, 3.63) is 107 Å². The predicted octanol–water partition coefficient (Wildman–Crippen LogP) is 7.38. The number of thiazole rings is 1. The molecule has 176 valence electrons. The number of amides is 1. The Balaban J connectivity index is 1.51. The zero-order valence-corrected chi connectivity index (χ0v) is 21.2. The summed E-state index contributed by atoms with van der Waals surface area (Å²) >= 11 is 3.16. The van der Waals surface area contributed by atoms with E-state index in [2.05, 4.69) is 24.0 Å². The zero-order valence-electron chi connectivity index (χ0n) is 19.6. The quantitative estimate of drug-likeness (QED) is 0.236. The summed E-state index contributed by atoms with van der Waals surface area (Å²) in [6.45, 7) is 2.51. The van der Waals surface area contributed by atoms with Crippen molar-refractivity contribution in [1.29, 1.82) is 0 Å². The van der Waals surface area contributed by atoms with Crippen LogP contribution in [0.2, 0.25) is 0 Å². The Hall–Kier alpha value is -3.94. The van der Waals surface area contributed by atoms with E-state index in [-0.39, 0.29) is 5.91 Å². The highest BCUT2D eigenvalue weighted by Gasteiger charge is 2.25. The average molecular weight is 507 g/mol. The van der Waals surface area contributed by atoms with E-state index in [1.165, 1.54) is 5.56 Å². The van der Waals surface area contributed by atoms with Crippen molar-refractivity contribution in [2.75, 3.05) is 4.90 Å². The number of thiophene rings is 1. The van der Waals surface area contributed by atoms with Crippen LogP contribution in [0.15, 0.2) is 90.6 Å². The number of anilines is 1. The van der Waals surface area contributed by atoms with Crippen LogP contribution >= 0.6 is 22.7 Å². The van der Waals surface area contributed by atoms with Gasteiger partial charge in [-0.1, -0.05) is 54.7 Å². The number of aromatic nitrogens is 3. The second-order valence-corrected chi connectivity index (χ2v) is 10.4. The number of para-hydroxylation sites is 1. The minimum atomic E-state index is -0.106. The Kier molecular flexibility index (Phi) is 6.01. The fourth-order valence-electron chi connectivity index (χ4n) is 4.24. The maximum absolute atomic E-state index is 14.3. The molecule has 0 saturated carbocycles. The first-order chi connectivity index (χ1) is 17.7. The summed E-state index contributed by atoms with van der Waals surface area (Å²) in [6, 6.07) is 23.9. The molecule has 0 bridgehead atoms. The molecule has 0 saturated heterocycles. The Morgan fingerprint density at radius 2 is 1.83 bits per heavy atom. The normalized spacial score (nSPS) is 11.2. The van der Waals surface area contributed by atoms with Crippen molar-refractivity contribution in [3.63, 3.8) is 0 Å². The van der Waals surface area contributed by atoms with Crippen molar-refractivity contribution in [3.8, 4) is 10.6 Å². The van der Waals surface area contributed by atoms with Crippen LogP contribution in [0.4, 0.5) is 5.13 Å². The van der Waals surface area contributed by atoms with E-state index >= 15 is 0 Å². The smallest absolute Gasteiger partial charge is 0.261 e. The second-order valence-electron chi connectivity index (χ2n) is 8.45. The molecule has 0 N–H and O–H groups in total. The van der Waals surface area contributed by atoms with Gasteiger partial charge in [0.25, 0.3) is 5.91 Å². The van der Waals surface area contributed by atoms with Gasteiger partial charge in [0.1, 0.15) is 0 Å². The van der Waals surface area contributed by atoms with E-state index in [0.717, 1.165) is 43.7 Å². The SMILES string of the molecule is CCc1ccc2nc(N(Cc3cccnc3)C(=O)c3cc(-c4cccs4)nc4ccccc34)sc2c1. The molecule has 7 heteroatoms. The molecule has 1 amide bonds. The van der Waals surface area contributed by atoms with Crippen LogP contribution in [0.25, 0.3) is 31.7 Å². The highest BCUT2D eigenvalue weighted by atomic mass is 32.1. The van der Waals surface area contributed by atoms with Gasteiger partial charge in [-0.3, -0.25) is 14.7 Å². The molecule has 5 nitrogen and oxygen atoms in total. The van der Waals surface area contributed by atoms with Gasteiger partial charge < -0.3 is 0 Å². The maximum atomic E-state index is 14.3. The highest BCUT2D eigenvalue weighted by molar-refractivity contribution is 7.22. The Morgan fingerprint density at radius 3 is 2.64 bits per heavy atom. The molecular weight excluding hydrogens is 484 g/mol. The van der Waals surface area contributed by atoms with Crippen LogP contribution < -0.4 is 4.90 Å². The van der Waals surface area contributed by atoms with Crippen LogP contribution in [0.5, 0.6) is 0 Å². The van der Waals surface area contributed by atoms with Crippen molar-refractivity contribution in [2.45, 2.75) is 19.9 Å². The lowest BCUT2D eigenvalue weighted by Crippen LogP contribution is -2.30. The first-order valence-corrected chi connectivity index (χ1v) is 13.4. The zero-order chi connectivity index (χ0) is 24.5. The lowest BCUT2D eigenvalue weighted by molar-refractivity contribution is 0.0986. The number of pyridine rings is 2. The van der Waals surface area contributed by atoms with Crippen LogP contribution in [-0.2, 0) is 13.0 Å². The van der Waals surface area contributed by atoms with E-state index in [4.69, 9.17) is 9.97 Å². The Labute approximate surface area is 216 Å². The van der Waals surface area contributed by atoms with Crippen LogP contribution in [-0.4, -0.2) is 20.9 Å². The van der Waals surface area contributed by atoms with E-state index < -0.39 is 0 Å². The lowest BCUT2D eigenvalue weighted by atomic mass is 10.1. The molecule has 0 unspecified atom stereocenters. The number of carbonyl (C=O) groups excluding carboxylic acids is 1. The summed E-state index contributed by atoms with van der Waals surface area (Å²) in [4.78, 5) is 31.1. The molecule has 4 aromatic heterocycles. The molecular formula is C29H22N4OS2. The predicted molar refractivity (Wildman–Crippen MR) is 149 cm³/mol. The summed E-state index contributed by atoms with van der Waals surface area (Å²) in [5.41, 5.74) is 5.30. The minimum Gasteiger partial charge on any atom is -0.279 e. The van der Waals surface area contributed by atoms with Gasteiger partial charge in [0.15, 0.2) is 5.13 Å². The number of nitrogens with zero attached hydrogens (tertiary/aromatic N) is 4. The molecule has 4 heterocycles. The standard InChI is InChI=1S/C29H22N4OS2/c1-2-19-11-12-24-27(15-19)36-29(32-24)33(18-20-7-5-13-30-17-20)28(34)22-16-25(26-10-6-14-35-26)31-23-9-4-3-8-21(22)23/h3-17H,2,18H2,1H3. The van der Waals surface area contributed by atoms with Gasteiger partial charge in [-0.2, -0.15) is 0 Å². The van der Waals surface area contributed by atoms with E-state index in [9.17, 15) is 4.79 Å². The van der Waals surface area contributed by atoms with Gasteiger partial charge >= 0.3 is 0 Å². The topological polar surface area (TPSA) is 59.0 Å². The number of hydrogen-bond acceptors (Lipinski definition) is 6. The van der Waals surface area contributed by atoms with Gasteiger partial charge in [0.05, 0.1) is 38.4 Å². The molecule has 0 aliphatic heterocycles. The molecule has 0 aliphatic rings. The van der Waals surface area contributed by atoms with Gasteiger partial charge in [0, 0.05) is 17.8 Å². The fourth-order valence-corrected chi connectivity index (χ4v) is 5.95. The third-order valence-corrected chi connectivity index (χ3v) is 8.04. The van der Waals surface area contributed by atoms with Crippen molar-refractivity contribution in [2.24, 2.45) is 0 Å². The molecule has 0 aliphatic carbocycles. The maximum Gasteiger partial charge on any atom is 0.261 e. The van der Waals surface area contributed by atoms with Gasteiger partial charge in [-0.05, 0) is 59.3 Å². The van der Waals surface area contributed by atoms with Gasteiger partial charge in [-0.15, -0.1) is 11.3 Å². The molecule has 0 atom stereocenters. The van der Waals surface area contributed by atoms with Crippen molar-refractivity contribution >= 4 is 54.8 Å². The summed E-state index contributed by atoms with van der Waals surface area (Å²) in [6.07, 6.45) is 4.49. The third kappa shape index (κ3) is 4.27. The Morgan fingerprint density at radius 1 is 0.917 bits per heavy atom. The second kappa shape index (κ2) is 9.60. The molecule has 0 radical (unpaired) electrons. The number of carbonyl (C=O) groups is 1. The monoisotopic (exact) mass is 506 g/mol. The van der Waals surface area contributed by atoms with E-state index in [1.54, 1.807) is 40.0 Å². The van der Waals surface area contributed by atoms with E-state index in [0.29, 0.717) is 17.2 Å². The lowest BCUT2D eigenvalue weighted by Gasteiger charge is -2.21. The number of fused-ring (bicyclic) bond motifs is 2. The summed E-state index contributed by atoms with van der Waals surface area (Å²) in [7, 11) is 0. The van der Waals surface area contributed by atoms with Gasteiger partial charge in [-0.25, -0.2) is 9.97 Å². The molecule has 0 fully saturated rings. The minimum absolute atomic E-state index is 0.106. The van der Waals surface area contributed by atoms with Crippen LogP contribution in [0.3, 0.4) is 0 Å². The average Bonchev–Trinajstić information content (AvgIpc) is 3.61. The van der Waals surface area contributed by atoms with Crippen LogP contribution in [0, 0.1) is 0 Å². The largest absolute Gasteiger partial charge is 0.279 e. The van der Waals surface area contributed by atoms with E-state index in [1.807, 2.05) is 66.0 Å². The van der Waals surface area contributed by atoms with Crippen molar-refractivity contribution < 1.29 is 4.79 Å². The highest BCUT2D eigenvalue weighted by Crippen LogP contribution is 2.34. The number of benzene rings is 2. The first kappa shape index (κ1) is 22.5. The summed E-state index contributed by atoms with van der Waals surface area (Å²) in [5, 5.41) is 3.52. The fraction of sp³-hybridized carbons (Fsp3) is 0.103. The molecule has 2 aromatic carbocycles. The third-order valence-electron chi connectivity index (χ3n) is 6.11. The van der Waals surface area contributed by atoms with Crippen molar-refractivity contribution in [1.82, 2.24) is 15.0 Å². The summed E-state index contributed by atoms with van der Waals surface area (Å²) < 4.78 is 1.08. The Bertz CT molecular complexity index is 1680. The number of aryl methyl sites for hydroxylation is 1. The molecule has 36 heavy (non-hydrogen) atoms. The van der Waals surface area contributed by atoms with Gasteiger partial charge in [0.2, 0.25) is 0 Å². The van der Waals surface area contributed by atoms with Crippen LogP contribution in [0.1, 0.15) is 28.4 Å². The number of hydrogen-bond donors (Lipinski definition) is 0. The molecule has 0 spiro atoms. The summed E-state index contributed by atoms with van der Waals surface area (Å²) in [5.74, 6) is -0.106. The molecule has 6 aromatic rings. The molecule has 6 rings (SSSR count).